The van der Waals surface area contributed by atoms with E-state index in [0.29, 0.717) is 6.10 Å². The van der Waals surface area contributed by atoms with Crippen molar-refractivity contribution in [2.24, 2.45) is 0 Å². The van der Waals surface area contributed by atoms with Gasteiger partial charge >= 0.3 is 0 Å². The summed E-state index contributed by atoms with van der Waals surface area (Å²) in [6.45, 7) is 1.72. The van der Waals surface area contributed by atoms with Gasteiger partial charge in [0, 0.05) is 25.5 Å². The van der Waals surface area contributed by atoms with E-state index in [9.17, 15) is 5.26 Å². The Balaban J connectivity index is 2.13. The number of alkyl halides is 1. The van der Waals surface area contributed by atoms with Crippen molar-refractivity contribution in [3.8, 4) is 6.07 Å². The van der Waals surface area contributed by atoms with Crippen molar-refractivity contribution < 1.29 is 4.74 Å². The highest BCUT2D eigenvalue weighted by atomic mass is 79.9. The molecule has 1 aromatic rings. The maximum Gasteiger partial charge on any atom is 0.101 e. The van der Waals surface area contributed by atoms with Crippen molar-refractivity contribution in [3.05, 3.63) is 29.3 Å². The summed E-state index contributed by atoms with van der Waals surface area (Å²) < 4.78 is 5.63. The Morgan fingerprint density at radius 3 is 3.00 bits per heavy atom. The number of rotatable bonds is 4. The van der Waals surface area contributed by atoms with E-state index >= 15 is 0 Å². The molecule has 1 fully saturated rings. The van der Waals surface area contributed by atoms with E-state index in [-0.39, 0.29) is 0 Å². The Labute approximate surface area is 116 Å². The maximum absolute atomic E-state index is 9.22. The van der Waals surface area contributed by atoms with Gasteiger partial charge in [0.15, 0.2) is 0 Å². The summed E-state index contributed by atoms with van der Waals surface area (Å²) >= 11 is 3.41. The zero-order chi connectivity index (χ0) is 13.0. The molecule has 0 bridgehead atoms. The first-order chi connectivity index (χ1) is 8.74. The van der Waals surface area contributed by atoms with Crippen LogP contribution in [0.15, 0.2) is 18.2 Å². The molecule has 0 aliphatic carbocycles. The van der Waals surface area contributed by atoms with Gasteiger partial charge in [-0.25, -0.2) is 0 Å². The van der Waals surface area contributed by atoms with Gasteiger partial charge in [-0.05, 0) is 30.5 Å². The van der Waals surface area contributed by atoms with Crippen LogP contribution in [0.4, 0.5) is 5.69 Å². The zero-order valence-electron chi connectivity index (χ0n) is 10.5. The van der Waals surface area contributed by atoms with Gasteiger partial charge in [-0.3, -0.25) is 0 Å². The fourth-order valence-electron chi connectivity index (χ4n) is 2.28. The van der Waals surface area contributed by atoms with Crippen LogP contribution >= 0.6 is 15.9 Å². The van der Waals surface area contributed by atoms with E-state index in [1.165, 1.54) is 0 Å². The van der Waals surface area contributed by atoms with Crippen molar-refractivity contribution in [2.45, 2.75) is 24.3 Å². The van der Waals surface area contributed by atoms with Crippen LogP contribution in [0.25, 0.3) is 0 Å². The molecule has 1 atom stereocenters. The SMILES string of the molecule is CN(CC1CCCO1)c1ccc(CBr)cc1C#N. The van der Waals surface area contributed by atoms with E-state index in [2.05, 4.69) is 33.0 Å². The highest BCUT2D eigenvalue weighted by molar-refractivity contribution is 9.08. The number of nitriles is 1. The lowest BCUT2D eigenvalue weighted by atomic mass is 10.1. The molecule has 0 aromatic heterocycles. The standard InChI is InChI=1S/C14H17BrN2O/c1-17(10-13-3-2-6-18-13)14-5-4-11(8-15)7-12(14)9-16/h4-5,7,13H,2-3,6,8,10H2,1H3. The van der Waals surface area contributed by atoms with Crippen LogP contribution < -0.4 is 4.90 Å². The lowest BCUT2D eigenvalue weighted by molar-refractivity contribution is 0.116. The molecule has 1 heterocycles. The predicted octanol–water partition coefficient (Wildman–Crippen LogP) is 3.07. The number of ether oxygens (including phenoxy) is 1. The summed E-state index contributed by atoms with van der Waals surface area (Å²) in [5, 5.41) is 10.0. The second kappa shape index (κ2) is 6.21. The maximum atomic E-state index is 9.22. The number of benzene rings is 1. The summed E-state index contributed by atoms with van der Waals surface area (Å²) in [6.07, 6.45) is 2.56. The Kier molecular flexibility index (Phi) is 4.62. The summed E-state index contributed by atoms with van der Waals surface area (Å²) in [7, 11) is 2.02. The number of halogens is 1. The van der Waals surface area contributed by atoms with Gasteiger partial charge in [-0.2, -0.15) is 5.26 Å². The first kappa shape index (κ1) is 13.4. The third-order valence-electron chi connectivity index (χ3n) is 3.25. The van der Waals surface area contributed by atoms with Gasteiger partial charge in [0.25, 0.3) is 0 Å². The highest BCUT2D eigenvalue weighted by Gasteiger charge is 2.18. The van der Waals surface area contributed by atoms with E-state index in [1.54, 1.807) is 0 Å². The normalized spacial score (nSPS) is 18.6. The molecule has 0 radical (unpaired) electrons. The summed E-state index contributed by atoms with van der Waals surface area (Å²) in [6, 6.07) is 8.28. The molecular weight excluding hydrogens is 292 g/mol. The molecule has 1 aliphatic rings. The van der Waals surface area contributed by atoms with Crippen LogP contribution in [-0.2, 0) is 10.1 Å². The van der Waals surface area contributed by atoms with Gasteiger partial charge in [0.05, 0.1) is 17.4 Å². The first-order valence-corrected chi connectivity index (χ1v) is 7.28. The van der Waals surface area contributed by atoms with Crippen molar-refractivity contribution in [1.29, 1.82) is 5.26 Å². The fraction of sp³-hybridized carbons (Fsp3) is 0.500. The molecule has 2 rings (SSSR count). The number of hydrogen-bond donors (Lipinski definition) is 0. The van der Waals surface area contributed by atoms with Crippen molar-refractivity contribution in [1.82, 2.24) is 0 Å². The second-order valence-corrected chi connectivity index (χ2v) is 5.17. The molecule has 0 saturated carbocycles. The van der Waals surface area contributed by atoms with Crippen molar-refractivity contribution in [2.75, 3.05) is 25.1 Å². The average Bonchev–Trinajstić information content (AvgIpc) is 2.90. The Morgan fingerprint density at radius 1 is 1.56 bits per heavy atom. The molecule has 0 amide bonds. The highest BCUT2D eigenvalue weighted by Crippen LogP contribution is 2.23. The molecule has 0 N–H and O–H groups in total. The topological polar surface area (TPSA) is 36.3 Å². The molecular formula is C14H17BrN2O. The van der Waals surface area contributed by atoms with Gasteiger partial charge < -0.3 is 9.64 Å². The predicted molar refractivity (Wildman–Crippen MR) is 76.0 cm³/mol. The van der Waals surface area contributed by atoms with Crippen LogP contribution in [0.3, 0.4) is 0 Å². The summed E-state index contributed by atoms with van der Waals surface area (Å²) in [5.41, 5.74) is 2.84. The second-order valence-electron chi connectivity index (χ2n) is 4.61. The summed E-state index contributed by atoms with van der Waals surface area (Å²) in [4.78, 5) is 2.12. The Hall–Kier alpha value is -1.05. The Bertz CT molecular complexity index is 450. The third-order valence-corrected chi connectivity index (χ3v) is 3.90. The average molecular weight is 309 g/mol. The van der Waals surface area contributed by atoms with E-state index in [0.717, 1.165) is 48.1 Å². The van der Waals surface area contributed by atoms with Crippen LogP contribution in [0.5, 0.6) is 0 Å². The molecule has 1 unspecified atom stereocenters. The van der Waals surface area contributed by atoms with Gasteiger partial charge in [-0.1, -0.05) is 22.0 Å². The van der Waals surface area contributed by atoms with Crippen molar-refractivity contribution in [3.63, 3.8) is 0 Å². The number of nitrogens with zero attached hydrogens (tertiary/aromatic N) is 2. The van der Waals surface area contributed by atoms with Crippen LogP contribution in [0.1, 0.15) is 24.0 Å². The third kappa shape index (κ3) is 3.04. The van der Waals surface area contributed by atoms with E-state index in [1.807, 2.05) is 19.2 Å². The van der Waals surface area contributed by atoms with E-state index in [4.69, 9.17) is 4.74 Å². The number of likely N-dealkylation sites (N-methyl/N-ethyl adjacent to an activating group) is 1. The minimum Gasteiger partial charge on any atom is -0.376 e. The minimum absolute atomic E-state index is 0.303. The lowest BCUT2D eigenvalue weighted by Gasteiger charge is -2.23. The molecule has 3 nitrogen and oxygen atoms in total. The van der Waals surface area contributed by atoms with Crippen LogP contribution in [-0.4, -0.2) is 26.3 Å². The minimum atomic E-state index is 0.303. The van der Waals surface area contributed by atoms with Gasteiger partial charge in [0.1, 0.15) is 6.07 Å². The van der Waals surface area contributed by atoms with Gasteiger partial charge in [-0.15, -0.1) is 0 Å². The lowest BCUT2D eigenvalue weighted by Crippen LogP contribution is -2.29. The molecule has 4 heteroatoms. The molecule has 0 spiro atoms. The zero-order valence-corrected chi connectivity index (χ0v) is 12.1. The Morgan fingerprint density at radius 2 is 2.39 bits per heavy atom. The smallest absolute Gasteiger partial charge is 0.101 e. The molecule has 96 valence electrons. The molecule has 18 heavy (non-hydrogen) atoms. The number of anilines is 1. The monoisotopic (exact) mass is 308 g/mol. The quantitative estimate of drug-likeness (QED) is 0.802. The fourth-order valence-corrected chi connectivity index (χ4v) is 2.63. The molecule has 1 aromatic carbocycles. The van der Waals surface area contributed by atoms with Crippen molar-refractivity contribution >= 4 is 21.6 Å². The molecule has 1 aliphatic heterocycles. The number of hydrogen-bond acceptors (Lipinski definition) is 3. The van der Waals surface area contributed by atoms with Crippen LogP contribution in [0.2, 0.25) is 0 Å². The summed E-state index contributed by atoms with van der Waals surface area (Å²) in [5.74, 6) is 0. The van der Waals surface area contributed by atoms with E-state index < -0.39 is 0 Å². The molecule has 1 saturated heterocycles. The first-order valence-electron chi connectivity index (χ1n) is 6.16. The largest absolute Gasteiger partial charge is 0.376 e. The van der Waals surface area contributed by atoms with Gasteiger partial charge in [0.2, 0.25) is 0 Å². The van der Waals surface area contributed by atoms with Crippen LogP contribution in [0, 0.1) is 11.3 Å².